The summed E-state index contributed by atoms with van der Waals surface area (Å²) in [5.74, 6) is 0.121. The third-order valence-corrected chi connectivity index (χ3v) is 6.62. The van der Waals surface area contributed by atoms with Crippen LogP contribution in [0, 0.1) is 12.8 Å². The maximum absolute atomic E-state index is 12.8. The summed E-state index contributed by atoms with van der Waals surface area (Å²) in [4.78, 5) is 17.1. The molecule has 0 saturated carbocycles. The molecule has 1 heterocycles. The van der Waals surface area contributed by atoms with Crippen LogP contribution in [0.4, 0.5) is 5.69 Å². The second kappa shape index (κ2) is 9.63. The second-order valence-corrected chi connectivity index (χ2v) is 9.83. The van der Waals surface area contributed by atoms with Crippen molar-refractivity contribution in [3.63, 3.8) is 0 Å². The molecule has 0 atom stereocenters. The number of sulfonamides is 1. The van der Waals surface area contributed by atoms with Gasteiger partial charge in [-0.15, -0.1) is 11.8 Å². The van der Waals surface area contributed by atoms with E-state index in [1.165, 1.54) is 23.9 Å². The van der Waals surface area contributed by atoms with Gasteiger partial charge >= 0.3 is 0 Å². The van der Waals surface area contributed by atoms with E-state index in [0.29, 0.717) is 11.5 Å². The first-order chi connectivity index (χ1) is 14.7. The number of rotatable bonds is 8. The summed E-state index contributed by atoms with van der Waals surface area (Å²) in [7, 11) is -3.86. The van der Waals surface area contributed by atoms with Crippen LogP contribution in [0.1, 0.15) is 25.3 Å². The molecule has 8 nitrogen and oxygen atoms in total. The Morgan fingerprint density at radius 1 is 1.19 bits per heavy atom. The summed E-state index contributed by atoms with van der Waals surface area (Å²) in [5, 5.41) is 6.70. The molecule has 0 aliphatic rings. The van der Waals surface area contributed by atoms with Gasteiger partial charge in [-0.25, -0.2) is 13.1 Å². The van der Waals surface area contributed by atoms with Crippen molar-refractivity contribution in [2.75, 3.05) is 11.6 Å². The van der Waals surface area contributed by atoms with Crippen molar-refractivity contribution in [1.29, 1.82) is 0 Å². The molecule has 0 saturated heterocycles. The first kappa shape index (κ1) is 23.0. The number of benzene rings is 2. The minimum absolute atomic E-state index is 0.0304. The Hall–Kier alpha value is -2.69. The Kier molecular flexibility index (Phi) is 7.14. The topological polar surface area (TPSA) is 114 Å². The van der Waals surface area contributed by atoms with Crippen LogP contribution >= 0.6 is 11.8 Å². The Labute approximate surface area is 185 Å². The molecule has 0 bridgehead atoms. The van der Waals surface area contributed by atoms with Crippen molar-refractivity contribution < 1.29 is 17.7 Å². The maximum Gasteiger partial charge on any atom is 0.242 e. The number of hydrogen-bond donors (Lipinski definition) is 2. The quantitative estimate of drug-likeness (QED) is 0.491. The van der Waals surface area contributed by atoms with E-state index >= 15 is 0 Å². The van der Waals surface area contributed by atoms with E-state index in [-0.39, 0.29) is 29.2 Å². The Balaban J connectivity index is 1.76. The molecule has 0 radical (unpaired) electrons. The monoisotopic (exact) mass is 460 g/mol. The van der Waals surface area contributed by atoms with Crippen LogP contribution in [-0.4, -0.2) is 30.7 Å². The third-order valence-electron chi connectivity index (χ3n) is 4.42. The molecule has 1 amide bonds. The third kappa shape index (κ3) is 5.72. The Morgan fingerprint density at radius 3 is 2.65 bits per heavy atom. The van der Waals surface area contributed by atoms with E-state index in [1.807, 2.05) is 37.4 Å². The fourth-order valence-electron chi connectivity index (χ4n) is 2.70. The van der Waals surface area contributed by atoms with Gasteiger partial charge in [-0.05, 0) is 37.4 Å². The average molecular weight is 461 g/mol. The lowest BCUT2D eigenvalue weighted by atomic mass is 10.1. The van der Waals surface area contributed by atoms with Gasteiger partial charge < -0.3 is 9.84 Å². The highest BCUT2D eigenvalue weighted by molar-refractivity contribution is 7.98. The molecule has 164 valence electrons. The highest BCUT2D eigenvalue weighted by Gasteiger charge is 2.19. The van der Waals surface area contributed by atoms with Gasteiger partial charge in [0.2, 0.25) is 27.6 Å². The fourth-order valence-corrected chi connectivity index (χ4v) is 4.23. The molecule has 0 aliphatic heterocycles. The number of anilines is 1. The SMILES string of the molecule is CSc1ccc(S(=O)(=O)NCc2nc(-c3cccc(C)c3)no2)cc1NC(=O)C(C)C. The van der Waals surface area contributed by atoms with Crippen molar-refractivity contribution in [1.82, 2.24) is 14.9 Å². The molecule has 2 N–H and O–H groups in total. The number of nitrogens with one attached hydrogen (secondary N) is 2. The van der Waals surface area contributed by atoms with Gasteiger partial charge in [0.05, 0.1) is 17.1 Å². The van der Waals surface area contributed by atoms with Crippen LogP contribution in [-0.2, 0) is 21.4 Å². The molecule has 2 aromatic carbocycles. The van der Waals surface area contributed by atoms with Crippen LogP contribution < -0.4 is 10.0 Å². The van der Waals surface area contributed by atoms with Crippen molar-refractivity contribution in [3.05, 3.63) is 53.9 Å². The average Bonchev–Trinajstić information content (AvgIpc) is 3.21. The van der Waals surface area contributed by atoms with Gasteiger partial charge in [-0.2, -0.15) is 4.98 Å². The number of hydrogen-bond acceptors (Lipinski definition) is 7. The predicted molar refractivity (Wildman–Crippen MR) is 120 cm³/mol. The molecule has 0 unspecified atom stereocenters. The van der Waals surface area contributed by atoms with E-state index in [0.717, 1.165) is 16.0 Å². The molecular formula is C21H24N4O4S2. The fraction of sp³-hybridized carbons (Fsp3) is 0.286. The van der Waals surface area contributed by atoms with E-state index < -0.39 is 10.0 Å². The van der Waals surface area contributed by atoms with Crippen LogP contribution in [0.15, 0.2) is 56.8 Å². The molecule has 3 rings (SSSR count). The van der Waals surface area contributed by atoms with Gasteiger partial charge in [0.1, 0.15) is 0 Å². The summed E-state index contributed by atoms with van der Waals surface area (Å²) in [6.07, 6.45) is 1.86. The van der Waals surface area contributed by atoms with Crippen molar-refractivity contribution >= 4 is 33.4 Å². The zero-order valence-electron chi connectivity index (χ0n) is 17.7. The van der Waals surface area contributed by atoms with Crippen molar-refractivity contribution in [2.45, 2.75) is 37.1 Å². The van der Waals surface area contributed by atoms with Crippen molar-refractivity contribution in [3.8, 4) is 11.4 Å². The van der Waals surface area contributed by atoms with E-state index in [1.54, 1.807) is 19.9 Å². The zero-order valence-corrected chi connectivity index (χ0v) is 19.3. The summed E-state index contributed by atoms with van der Waals surface area (Å²) in [6, 6.07) is 12.2. The summed E-state index contributed by atoms with van der Waals surface area (Å²) < 4.78 is 33.2. The Morgan fingerprint density at radius 2 is 1.97 bits per heavy atom. The highest BCUT2D eigenvalue weighted by Crippen LogP contribution is 2.28. The molecule has 1 aromatic heterocycles. The van der Waals surface area contributed by atoms with E-state index in [4.69, 9.17) is 4.52 Å². The van der Waals surface area contributed by atoms with Gasteiger partial charge in [-0.1, -0.05) is 42.8 Å². The first-order valence-electron chi connectivity index (χ1n) is 9.58. The lowest BCUT2D eigenvalue weighted by molar-refractivity contribution is -0.118. The van der Waals surface area contributed by atoms with Crippen LogP contribution in [0.25, 0.3) is 11.4 Å². The summed E-state index contributed by atoms with van der Waals surface area (Å²) in [6.45, 7) is 5.34. The minimum atomic E-state index is -3.86. The van der Waals surface area contributed by atoms with Gasteiger partial charge in [-0.3, -0.25) is 4.79 Å². The smallest absolute Gasteiger partial charge is 0.242 e. The lowest BCUT2D eigenvalue weighted by Gasteiger charge is -2.13. The largest absolute Gasteiger partial charge is 0.338 e. The molecule has 31 heavy (non-hydrogen) atoms. The van der Waals surface area contributed by atoms with Crippen molar-refractivity contribution in [2.24, 2.45) is 5.92 Å². The van der Waals surface area contributed by atoms with E-state index in [9.17, 15) is 13.2 Å². The van der Waals surface area contributed by atoms with Gasteiger partial charge in [0, 0.05) is 16.4 Å². The van der Waals surface area contributed by atoms with Crippen LogP contribution in [0.3, 0.4) is 0 Å². The number of amides is 1. The first-order valence-corrected chi connectivity index (χ1v) is 12.3. The molecule has 3 aromatic rings. The minimum Gasteiger partial charge on any atom is -0.338 e. The molecule has 0 spiro atoms. The standard InChI is InChI=1S/C21H24N4O4S2/c1-13(2)21(26)23-17-11-16(8-9-18(17)30-4)31(27,28)22-12-19-24-20(25-29-19)15-7-5-6-14(3)10-15/h5-11,13,22H,12H2,1-4H3,(H,23,26). The maximum atomic E-state index is 12.8. The molecule has 0 fully saturated rings. The number of thioether (sulfide) groups is 1. The number of aromatic nitrogens is 2. The van der Waals surface area contributed by atoms with Gasteiger partial charge in [0.15, 0.2) is 0 Å². The molecular weight excluding hydrogens is 436 g/mol. The molecule has 10 heteroatoms. The second-order valence-electron chi connectivity index (χ2n) is 7.21. The summed E-state index contributed by atoms with van der Waals surface area (Å²) >= 11 is 1.42. The number of carbonyl (C=O) groups excluding carboxylic acids is 1. The predicted octanol–water partition coefficient (Wildman–Crippen LogP) is 3.84. The van der Waals surface area contributed by atoms with Gasteiger partial charge in [0.25, 0.3) is 0 Å². The van der Waals surface area contributed by atoms with Crippen LogP contribution in [0.2, 0.25) is 0 Å². The lowest BCUT2D eigenvalue weighted by Crippen LogP contribution is -2.24. The number of carbonyl (C=O) groups is 1. The molecule has 0 aliphatic carbocycles. The normalized spacial score (nSPS) is 11.6. The Bertz CT molecular complexity index is 1190. The van der Waals surface area contributed by atoms with E-state index in [2.05, 4.69) is 20.2 Å². The van der Waals surface area contributed by atoms with Crippen LogP contribution in [0.5, 0.6) is 0 Å². The highest BCUT2D eigenvalue weighted by atomic mass is 32.2. The zero-order chi connectivity index (χ0) is 22.6. The number of nitrogens with zero attached hydrogens (tertiary/aromatic N) is 2. The number of aryl methyl sites for hydroxylation is 1. The summed E-state index contributed by atoms with van der Waals surface area (Å²) in [5.41, 5.74) is 2.29.